The molecule has 0 fully saturated rings. The van der Waals surface area contributed by atoms with E-state index in [0.717, 1.165) is 5.56 Å². The Bertz CT molecular complexity index is 1040. The summed E-state index contributed by atoms with van der Waals surface area (Å²) in [5, 5.41) is 5.35. The summed E-state index contributed by atoms with van der Waals surface area (Å²) in [6.07, 6.45) is 0.881. The number of benzene rings is 3. The number of amides is 2. The standard InChI is InChI=1S/C22H19ClFN3O2/c23-19-13-18(9-10-20(19)24)27-22(29)15-2-1-3-17(12-15)26-21(28)11-6-14-4-7-16(25)8-5-14/h1-5,7-10,12-13H,6,11,25H2,(H,26,28)(H,27,29). The predicted octanol–water partition coefficient (Wildman–Crippen LogP) is 4.88. The van der Waals surface area contributed by atoms with Crippen LogP contribution in [0.2, 0.25) is 5.02 Å². The van der Waals surface area contributed by atoms with Crippen LogP contribution in [0.4, 0.5) is 21.5 Å². The van der Waals surface area contributed by atoms with Crippen molar-refractivity contribution in [3.63, 3.8) is 0 Å². The Kier molecular flexibility index (Phi) is 6.46. The van der Waals surface area contributed by atoms with Crippen LogP contribution < -0.4 is 16.4 Å². The molecule has 0 spiro atoms. The Labute approximate surface area is 172 Å². The first kappa shape index (κ1) is 20.4. The van der Waals surface area contributed by atoms with Gasteiger partial charge in [0.2, 0.25) is 5.91 Å². The highest BCUT2D eigenvalue weighted by Crippen LogP contribution is 2.20. The van der Waals surface area contributed by atoms with E-state index in [-0.39, 0.29) is 10.9 Å². The molecule has 0 aliphatic heterocycles. The highest BCUT2D eigenvalue weighted by atomic mass is 35.5. The molecule has 3 rings (SSSR count). The van der Waals surface area contributed by atoms with Gasteiger partial charge in [-0.05, 0) is 60.5 Å². The molecule has 0 radical (unpaired) electrons. The zero-order valence-electron chi connectivity index (χ0n) is 15.4. The molecule has 148 valence electrons. The summed E-state index contributed by atoms with van der Waals surface area (Å²) in [7, 11) is 0. The number of nitrogens with two attached hydrogens (primary N) is 1. The molecule has 0 unspecified atom stereocenters. The second-order valence-electron chi connectivity index (χ2n) is 6.45. The molecule has 5 nitrogen and oxygen atoms in total. The number of nitrogens with one attached hydrogen (secondary N) is 2. The van der Waals surface area contributed by atoms with Crippen LogP contribution in [0.15, 0.2) is 66.7 Å². The lowest BCUT2D eigenvalue weighted by atomic mass is 10.1. The molecule has 0 atom stereocenters. The van der Waals surface area contributed by atoms with Gasteiger partial charge in [-0.1, -0.05) is 29.8 Å². The third-order valence-electron chi connectivity index (χ3n) is 4.21. The topological polar surface area (TPSA) is 84.2 Å². The van der Waals surface area contributed by atoms with Gasteiger partial charge in [0.1, 0.15) is 5.82 Å². The van der Waals surface area contributed by atoms with Gasteiger partial charge in [-0.3, -0.25) is 9.59 Å². The van der Waals surface area contributed by atoms with Crippen LogP contribution >= 0.6 is 11.6 Å². The molecule has 0 aromatic heterocycles. The quantitative estimate of drug-likeness (QED) is 0.505. The number of aryl methyl sites for hydroxylation is 1. The van der Waals surface area contributed by atoms with Crippen molar-refractivity contribution >= 4 is 40.5 Å². The Morgan fingerprint density at radius 3 is 2.38 bits per heavy atom. The van der Waals surface area contributed by atoms with Crippen LogP contribution in [0.3, 0.4) is 0 Å². The average Bonchev–Trinajstić information content (AvgIpc) is 2.70. The summed E-state index contributed by atoms with van der Waals surface area (Å²) in [6, 6.07) is 17.8. The number of carbonyl (C=O) groups excluding carboxylic acids is 2. The molecule has 7 heteroatoms. The normalized spacial score (nSPS) is 10.4. The molecule has 0 bridgehead atoms. The monoisotopic (exact) mass is 411 g/mol. The first-order valence-corrected chi connectivity index (χ1v) is 9.29. The van der Waals surface area contributed by atoms with Gasteiger partial charge in [0.15, 0.2) is 0 Å². The lowest BCUT2D eigenvalue weighted by Crippen LogP contribution is -2.15. The fourth-order valence-corrected chi connectivity index (χ4v) is 2.86. The number of hydrogen-bond donors (Lipinski definition) is 3. The van der Waals surface area contributed by atoms with Crippen molar-refractivity contribution in [2.45, 2.75) is 12.8 Å². The second kappa shape index (κ2) is 9.21. The van der Waals surface area contributed by atoms with E-state index in [9.17, 15) is 14.0 Å². The van der Waals surface area contributed by atoms with Crippen LogP contribution in [0.25, 0.3) is 0 Å². The molecule has 3 aromatic carbocycles. The molecule has 0 saturated heterocycles. The zero-order valence-corrected chi connectivity index (χ0v) is 16.2. The van der Waals surface area contributed by atoms with Gasteiger partial charge >= 0.3 is 0 Å². The molecule has 3 aromatic rings. The Morgan fingerprint density at radius 1 is 0.931 bits per heavy atom. The molecule has 0 heterocycles. The number of anilines is 3. The van der Waals surface area contributed by atoms with Crippen LogP contribution in [0.1, 0.15) is 22.3 Å². The molecular formula is C22H19ClFN3O2. The van der Waals surface area contributed by atoms with Gasteiger partial charge in [0.05, 0.1) is 5.02 Å². The van der Waals surface area contributed by atoms with E-state index in [4.69, 9.17) is 17.3 Å². The molecule has 0 saturated carbocycles. The third-order valence-corrected chi connectivity index (χ3v) is 4.50. The van der Waals surface area contributed by atoms with Crippen molar-refractivity contribution in [1.29, 1.82) is 0 Å². The minimum absolute atomic E-state index is 0.0788. The van der Waals surface area contributed by atoms with Gasteiger partial charge in [-0.2, -0.15) is 0 Å². The largest absolute Gasteiger partial charge is 0.399 e. The maximum Gasteiger partial charge on any atom is 0.255 e. The average molecular weight is 412 g/mol. The van der Waals surface area contributed by atoms with E-state index in [2.05, 4.69) is 10.6 Å². The summed E-state index contributed by atoms with van der Waals surface area (Å²) >= 11 is 5.73. The van der Waals surface area contributed by atoms with E-state index < -0.39 is 11.7 Å². The van der Waals surface area contributed by atoms with Gasteiger partial charge in [-0.15, -0.1) is 0 Å². The van der Waals surface area contributed by atoms with E-state index in [0.29, 0.717) is 35.5 Å². The maximum atomic E-state index is 13.2. The minimum Gasteiger partial charge on any atom is -0.399 e. The van der Waals surface area contributed by atoms with Crippen molar-refractivity contribution < 1.29 is 14.0 Å². The number of nitrogen functional groups attached to an aromatic ring is 1. The predicted molar refractivity (Wildman–Crippen MR) is 114 cm³/mol. The van der Waals surface area contributed by atoms with Crippen molar-refractivity contribution in [3.05, 3.63) is 88.7 Å². The number of halogens is 2. The van der Waals surface area contributed by atoms with Crippen LogP contribution in [-0.4, -0.2) is 11.8 Å². The summed E-state index contributed by atoms with van der Waals surface area (Å²) in [5.74, 6) is -1.12. The van der Waals surface area contributed by atoms with Crippen LogP contribution in [0.5, 0.6) is 0 Å². The van der Waals surface area contributed by atoms with Gasteiger partial charge in [0, 0.05) is 29.0 Å². The van der Waals surface area contributed by atoms with E-state index >= 15 is 0 Å². The Balaban J connectivity index is 1.59. The summed E-state index contributed by atoms with van der Waals surface area (Å²) in [5.41, 5.74) is 8.58. The highest BCUT2D eigenvalue weighted by molar-refractivity contribution is 6.31. The fraction of sp³-hybridized carbons (Fsp3) is 0.0909. The van der Waals surface area contributed by atoms with Crippen molar-refractivity contribution in [3.8, 4) is 0 Å². The number of carbonyl (C=O) groups is 2. The first-order chi connectivity index (χ1) is 13.9. The fourth-order valence-electron chi connectivity index (χ4n) is 2.68. The lowest BCUT2D eigenvalue weighted by Gasteiger charge is -2.09. The van der Waals surface area contributed by atoms with Gasteiger partial charge in [0.25, 0.3) is 5.91 Å². The summed E-state index contributed by atoms with van der Waals surface area (Å²) in [4.78, 5) is 24.6. The van der Waals surface area contributed by atoms with E-state index in [1.54, 1.807) is 36.4 Å². The van der Waals surface area contributed by atoms with Crippen molar-refractivity contribution in [2.75, 3.05) is 16.4 Å². The van der Waals surface area contributed by atoms with Crippen LogP contribution in [0, 0.1) is 5.82 Å². The van der Waals surface area contributed by atoms with Crippen LogP contribution in [-0.2, 0) is 11.2 Å². The van der Waals surface area contributed by atoms with Crippen molar-refractivity contribution in [2.24, 2.45) is 0 Å². The summed E-state index contributed by atoms with van der Waals surface area (Å²) < 4.78 is 13.2. The molecule has 29 heavy (non-hydrogen) atoms. The van der Waals surface area contributed by atoms with Crippen molar-refractivity contribution in [1.82, 2.24) is 0 Å². The van der Waals surface area contributed by atoms with E-state index in [1.807, 2.05) is 12.1 Å². The lowest BCUT2D eigenvalue weighted by molar-refractivity contribution is -0.116. The number of hydrogen-bond acceptors (Lipinski definition) is 3. The second-order valence-corrected chi connectivity index (χ2v) is 6.86. The molecular weight excluding hydrogens is 393 g/mol. The third kappa shape index (κ3) is 5.80. The zero-order chi connectivity index (χ0) is 20.8. The van der Waals surface area contributed by atoms with E-state index in [1.165, 1.54) is 18.2 Å². The van der Waals surface area contributed by atoms with Gasteiger partial charge in [-0.25, -0.2) is 4.39 Å². The Hall–Kier alpha value is -3.38. The molecule has 0 aliphatic carbocycles. The molecule has 4 N–H and O–H groups in total. The van der Waals surface area contributed by atoms with Gasteiger partial charge < -0.3 is 16.4 Å². The number of rotatable bonds is 6. The maximum absolute atomic E-state index is 13.2. The smallest absolute Gasteiger partial charge is 0.255 e. The molecule has 2 amide bonds. The molecule has 0 aliphatic rings. The SMILES string of the molecule is Nc1ccc(CCC(=O)Nc2cccc(C(=O)Nc3ccc(F)c(Cl)c3)c2)cc1. The first-order valence-electron chi connectivity index (χ1n) is 8.91. The summed E-state index contributed by atoms with van der Waals surface area (Å²) in [6.45, 7) is 0. The minimum atomic E-state index is -0.562. The highest BCUT2D eigenvalue weighted by Gasteiger charge is 2.10. The Morgan fingerprint density at radius 2 is 1.66 bits per heavy atom.